The Morgan fingerprint density at radius 1 is 1.03 bits per heavy atom. The molecular formula is C24H19ClF2N6O3. The highest BCUT2D eigenvalue weighted by molar-refractivity contribution is 6.28. The molecule has 0 saturated carbocycles. The molecule has 0 atom stereocenters. The maximum Gasteiger partial charge on any atom is 0.333 e. The predicted molar refractivity (Wildman–Crippen MR) is 127 cm³/mol. The fraction of sp³-hybridized carbons (Fsp3) is 0.208. The van der Waals surface area contributed by atoms with E-state index in [0.717, 1.165) is 22.3 Å². The number of aryl methyl sites for hydroxylation is 1. The molecule has 12 heteroatoms. The van der Waals surface area contributed by atoms with Crippen LogP contribution in [0.4, 0.5) is 8.78 Å². The molecule has 1 N–H and O–H groups in total. The van der Waals surface area contributed by atoms with E-state index in [0.29, 0.717) is 6.42 Å². The normalized spacial score (nSPS) is 11.4. The van der Waals surface area contributed by atoms with Gasteiger partial charge in [-0.05, 0) is 35.2 Å². The van der Waals surface area contributed by atoms with Gasteiger partial charge in [-0.15, -0.1) is 0 Å². The van der Waals surface area contributed by atoms with E-state index < -0.39 is 22.9 Å². The summed E-state index contributed by atoms with van der Waals surface area (Å²) in [4.78, 5) is 37.3. The fourth-order valence-corrected chi connectivity index (χ4v) is 4.11. The Morgan fingerprint density at radius 2 is 1.83 bits per heavy atom. The molecule has 5 aromatic rings. The molecule has 0 radical (unpaired) electrons. The molecule has 0 fully saturated rings. The lowest BCUT2D eigenvalue weighted by Gasteiger charge is -2.11. The topological polar surface area (TPSA) is 112 Å². The quantitative estimate of drug-likeness (QED) is 0.319. The Labute approximate surface area is 207 Å². The maximum absolute atomic E-state index is 13.9. The second-order valence-corrected chi connectivity index (χ2v) is 8.52. The summed E-state index contributed by atoms with van der Waals surface area (Å²) in [6.45, 7) is 0.300. The molecule has 9 nitrogen and oxygen atoms in total. The summed E-state index contributed by atoms with van der Waals surface area (Å²) in [6.07, 6.45) is 0.669. The van der Waals surface area contributed by atoms with E-state index >= 15 is 0 Å². The summed E-state index contributed by atoms with van der Waals surface area (Å²) >= 11 is 6.00. The zero-order chi connectivity index (χ0) is 25.2. The lowest BCUT2D eigenvalue weighted by atomic mass is 10.1. The zero-order valence-electron chi connectivity index (χ0n) is 18.7. The molecule has 5 rings (SSSR count). The van der Waals surface area contributed by atoms with Gasteiger partial charge in [0.1, 0.15) is 11.6 Å². The van der Waals surface area contributed by atoms with Crippen LogP contribution in [-0.2, 0) is 25.9 Å². The Bertz CT molecular complexity index is 1660. The average molecular weight is 513 g/mol. The highest BCUT2D eigenvalue weighted by Gasteiger charge is 2.18. The number of imidazole rings is 1. The van der Waals surface area contributed by atoms with Crippen molar-refractivity contribution in [1.29, 1.82) is 0 Å². The molecule has 2 aromatic carbocycles. The minimum Gasteiger partial charge on any atom is -0.339 e. The first-order chi connectivity index (χ1) is 17.4. The number of H-pyrrole nitrogens is 1. The second-order valence-electron chi connectivity index (χ2n) is 8.16. The molecule has 184 valence electrons. The monoisotopic (exact) mass is 512 g/mol. The minimum absolute atomic E-state index is 0.0112. The van der Waals surface area contributed by atoms with Gasteiger partial charge in [0.15, 0.2) is 17.0 Å². The molecule has 3 aromatic heterocycles. The first-order valence-electron chi connectivity index (χ1n) is 11.1. The second kappa shape index (κ2) is 9.86. The number of fused-ring (bicyclic) bond motifs is 1. The number of hydrogen-bond donors (Lipinski definition) is 1. The van der Waals surface area contributed by atoms with Gasteiger partial charge in [-0.1, -0.05) is 41.6 Å². The molecule has 0 amide bonds. The molecule has 0 aliphatic rings. The van der Waals surface area contributed by atoms with Crippen LogP contribution >= 0.6 is 11.6 Å². The summed E-state index contributed by atoms with van der Waals surface area (Å²) in [7, 11) is 0. The van der Waals surface area contributed by atoms with Crippen LogP contribution in [0.25, 0.3) is 11.2 Å². The highest BCUT2D eigenvalue weighted by atomic mass is 35.5. The van der Waals surface area contributed by atoms with Crippen molar-refractivity contribution in [3.05, 3.63) is 109 Å². The third kappa shape index (κ3) is 4.82. The van der Waals surface area contributed by atoms with Crippen molar-refractivity contribution in [3.63, 3.8) is 0 Å². The number of halogens is 3. The highest BCUT2D eigenvalue weighted by Crippen LogP contribution is 2.14. The summed E-state index contributed by atoms with van der Waals surface area (Å²) in [6, 6.07) is 12.6. The van der Waals surface area contributed by atoms with Gasteiger partial charge in [0, 0.05) is 25.5 Å². The Hall–Kier alpha value is -4.12. The number of hydrogen-bond acceptors (Lipinski definition) is 6. The van der Waals surface area contributed by atoms with Crippen LogP contribution in [0, 0.1) is 11.6 Å². The molecular weight excluding hydrogens is 494 g/mol. The molecule has 0 unspecified atom stereocenters. The molecule has 36 heavy (non-hydrogen) atoms. The number of nitrogens with one attached hydrogen (secondary N) is 1. The van der Waals surface area contributed by atoms with Gasteiger partial charge in [-0.3, -0.25) is 13.9 Å². The van der Waals surface area contributed by atoms with Crippen LogP contribution in [0.15, 0.2) is 62.6 Å². The first-order valence-corrected chi connectivity index (χ1v) is 11.4. The van der Waals surface area contributed by atoms with Gasteiger partial charge >= 0.3 is 5.69 Å². The third-order valence-electron chi connectivity index (χ3n) is 5.66. The van der Waals surface area contributed by atoms with Crippen molar-refractivity contribution in [2.24, 2.45) is 0 Å². The molecule has 0 aliphatic carbocycles. The minimum atomic E-state index is -0.693. The SMILES string of the molecule is O=c1c2[nH]c(Cl)nc2n(Cc2ccccc2)c(=O)n1CCCc1nc(Cc2ccc(F)cc2F)no1. The Morgan fingerprint density at radius 3 is 2.61 bits per heavy atom. The van der Waals surface area contributed by atoms with Crippen molar-refractivity contribution in [1.82, 2.24) is 29.2 Å². The van der Waals surface area contributed by atoms with Gasteiger partial charge in [-0.2, -0.15) is 9.97 Å². The van der Waals surface area contributed by atoms with E-state index in [1.165, 1.54) is 10.6 Å². The first kappa shape index (κ1) is 23.6. The molecule has 0 bridgehead atoms. The van der Waals surface area contributed by atoms with E-state index in [2.05, 4.69) is 20.1 Å². The maximum atomic E-state index is 13.9. The van der Waals surface area contributed by atoms with Gasteiger partial charge in [0.25, 0.3) is 5.56 Å². The molecule has 0 aliphatic heterocycles. The van der Waals surface area contributed by atoms with E-state index in [1.807, 2.05) is 30.3 Å². The van der Waals surface area contributed by atoms with Crippen molar-refractivity contribution in [3.8, 4) is 0 Å². The van der Waals surface area contributed by atoms with Crippen LogP contribution in [0.2, 0.25) is 5.28 Å². The molecule has 0 spiro atoms. The Kier molecular flexibility index (Phi) is 6.47. The number of aromatic amines is 1. The molecule has 0 saturated heterocycles. The van der Waals surface area contributed by atoms with Crippen molar-refractivity contribution in [2.75, 3.05) is 0 Å². The van der Waals surface area contributed by atoms with Crippen LogP contribution in [0.3, 0.4) is 0 Å². The number of aromatic nitrogens is 6. The van der Waals surface area contributed by atoms with Gasteiger partial charge < -0.3 is 9.51 Å². The van der Waals surface area contributed by atoms with Gasteiger partial charge in [-0.25, -0.2) is 13.6 Å². The zero-order valence-corrected chi connectivity index (χ0v) is 19.5. The van der Waals surface area contributed by atoms with E-state index in [4.69, 9.17) is 16.1 Å². The lowest BCUT2D eigenvalue weighted by Crippen LogP contribution is -2.40. The third-order valence-corrected chi connectivity index (χ3v) is 5.84. The van der Waals surface area contributed by atoms with Gasteiger partial charge in [0.05, 0.1) is 6.54 Å². The van der Waals surface area contributed by atoms with E-state index in [-0.39, 0.29) is 59.7 Å². The van der Waals surface area contributed by atoms with Crippen molar-refractivity contribution >= 4 is 22.8 Å². The Balaban J connectivity index is 1.34. The largest absolute Gasteiger partial charge is 0.339 e. The van der Waals surface area contributed by atoms with Crippen molar-refractivity contribution in [2.45, 2.75) is 32.4 Å². The molecule has 3 heterocycles. The summed E-state index contributed by atoms with van der Waals surface area (Å²) in [5.74, 6) is -0.845. The van der Waals surface area contributed by atoms with Crippen LogP contribution in [0.1, 0.15) is 29.3 Å². The predicted octanol–water partition coefficient (Wildman–Crippen LogP) is 3.47. The number of benzene rings is 2. The van der Waals surface area contributed by atoms with E-state index in [1.54, 1.807) is 0 Å². The smallest absolute Gasteiger partial charge is 0.333 e. The van der Waals surface area contributed by atoms with E-state index in [9.17, 15) is 18.4 Å². The fourth-order valence-electron chi connectivity index (χ4n) is 3.93. The average Bonchev–Trinajstić information content (AvgIpc) is 3.47. The number of rotatable bonds is 8. The summed E-state index contributed by atoms with van der Waals surface area (Å²) in [5.41, 5.74) is 0.373. The van der Waals surface area contributed by atoms with Gasteiger partial charge in [0.2, 0.25) is 11.2 Å². The standard InChI is InChI=1S/C24H19ClF2N6O3/c25-23-29-20-21(30-23)33(13-14-5-2-1-3-6-14)24(35)32(22(20)34)10-4-7-19-28-18(31-36-19)11-15-8-9-16(26)12-17(15)27/h1-3,5-6,8-9,12H,4,7,10-11,13H2,(H,29,30). The van der Waals surface area contributed by atoms with Crippen molar-refractivity contribution < 1.29 is 13.3 Å². The lowest BCUT2D eigenvalue weighted by molar-refractivity contribution is 0.367. The number of nitrogens with zero attached hydrogens (tertiary/aromatic N) is 5. The summed E-state index contributed by atoms with van der Waals surface area (Å²) in [5, 5.41) is 3.84. The summed E-state index contributed by atoms with van der Waals surface area (Å²) < 4.78 is 34.7. The van der Waals surface area contributed by atoms with Crippen LogP contribution < -0.4 is 11.2 Å². The van der Waals surface area contributed by atoms with Crippen LogP contribution in [-0.4, -0.2) is 29.2 Å². The van der Waals surface area contributed by atoms with Crippen LogP contribution in [0.5, 0.6) is 0 Å².